The number of benzene rings is 3. The lowest BCUT2D eigenvalue weighted by atomic mass is 9.85. The maximum Gasteiger partial charge on any atom is 0.262 e. The summed E-state index contributed by atoms with van der Waals surface area (Å²) in [5.74, 6) is -0.641. The van der Waals surface area contributed by atoms with E-state index in [1.807, 2.05) is 43.3 Å². The van der Waals surface area contributed by atoms with Gasteiger partial charge < -0.3 is 9.64 Å². The average molecular weight is 491 g/mol. The van der Waals surface area contributed by atoms with Crippen LogP contribution in [0.25, 0.3) is 0 Å². The summed E-state index contributed by atoms with van der Waals surface area (Å²) in [6, 6.07) is 18.2. The Hall–Kier alpha value is -3.45. The van der Waals surface area contributed by atoms with Gasteiger partial charge in [0.05, 0.1) is 24.3 Å². The molecule has 3 aromatic carbocycles. The zero-order valence-electron chi connectivity index (χ0n) is 17.4. The van der Waals surface area contributed by atoms with Crippen LogP contribution in [0.2, 0.25) is 0 Å². The fourth-order valence-corrected chi connectivity index (χ4v) is 4.80. The van der Waals surface area contributed by atoms with Gasteiger partial charge in [-0.3, -0.25) is 19.3 Å². The highest BCUT2D eigenvalue weighted by Gasteiger charge is 2.58. The number of hydrogen-bond donors (Lipinski definition) is 0. The Morgan fingerprint density at radius 2 is 1.44 bits per heavy atom. The van der Waals surface area contributed by atoms with E-state index in [9.17, 15) is 14.4 Å². The molecule has 2 heterocycles. The van der Waals surface area contributed by atoms with Crippen molar-refractivity contribution in [1.29, 1.82) is 0 Å². The lowest BCUT2D eigenvalue weighted by Gasteiger charge is -2.50. The second-order valence-electron chi connectivity index (χ2n) is 7.85. The normalized spacial score (nSPS) is 19.8. The van der Waals surface area contributed by atoms with Crippen molar-refractivity contribution in [3.63, 3.8) is 0 Å². The number of methoxy groups -OCH3 is 1. The van der Waals surface area contributed by atoms with E-state index in [0.717, 1.165) is 14.9 Å². The SMILES string of the molecule is COc1ccc(Br)cc1[C@H]1[C@H](N2C(=O)c3ccccc3C2=O)C(=O)N1c1ccc(C)cc1. The summed E-state index contributed by atoms with van der Waals surface area (Å²) >= 11 is 3.49. The molecule has 3 aromatic rings. The van der Waals surface area contributed by atoms with Crippen LogP contribution in [0, 0.1) is 6.92 Å². The monoisotopic (exact) mass is 490 g/mol. The van der Waals surface area contributed by atoms with Crippen molar-refractivity contribution in [1.82, 2.24) is 4.90 Å². The van der Waals surface area contributed by atoms with Crippen molar-refractivity contribution in [3.8, 4) is 5.75 Å². The molecule has 1 fully saturated rings. The number of ether oxygens (including phenoxy) is 1. The molecule has 6 nitrogen and oxygen atoms in total. The Labute approximate surface area is 193 Å². The zero-order valence-corrected chi connectivity index (χ0v) is 19.0. The molecular weight excluding hydrogens is 472 g/mol. The third kappa shape index (κ3) is 2.96. The minimum absolute atomic E-state index is 0.310. The number of hydrogen-bond acceptors (Lipinski definition) is 4. The number of carbonyl (C=O) groups excluding carboxylic acids is 3. The van der Waals surface area contributed by atoms with Crippen LogP contribution < -0.4 is 9.64 Å². The van der Waals surface area contributed by atoms with Crippen LogP contribution >= 0.6 is 15.9 Å². The summed E-state index contributed by atoms with van der Waals surface area (Å²) in [5.41, 5.74) is 3.11. The Bertz CT molecular complexity index is 1240. The van der Waals surface area contributed by atoms with Crippen LogP contribution in [0.3, 0.4) is 0 Å². The number of aryl methyl sites for hydroxylation is 1. The smallest absolute Gasteiger partial charge is 0.262 e. The molecule has 2 aliphatic heterocycles. The van der Waals surface area contributed by atoms with Crippen molar-refractivity contribution >= 4 is 39.3 Å². The van der Waals surface area contributed by atoms with E-state index in [0.29, 0.717) is 28.1 Å². The molecular formula is C25H19BrN2O4. The van der Waals surface area contributed by atoms with E-state index in [1.54, 1.807) is 42.3 Å². The lowest BCUT2D eigenvalue weighted by molar-refractivity contribution is -0.130. The second kappa shape index (κ2) is 7.60. The van der Waals surface area contributed by atoms with Gasteiger partial charge in [-0.15, -0.1) is 0 Å². The molecule has 0 N–H and O–H groups in total. The number of fused-ring (bicyclic) bond motifs is 1. The molecule has 0 saturated carbocycles. The van der Waals surface area contributed by atoms with E-state index in [1.165, 1.54) is 0 Å². The number of rotatable bonds is 4. The number of halogens is 1. The number of β-lactam (4-membered cyclic amide) rings is 1. The first-order chi connectivity index (χ1) is 15.4. The van der Waals surface area contributed by atoms with E-state index in [4.69, 9.17) is 4.74 Å². The largest absolute Gasteiger partial charge is 0.496 e. The van der Waals surface area contributed by atoms with Crippen LogP contribution in [-0.4, -0.2) is 35.8 Å². The molecule has 2 atom stereocenters. The van der Waals surface area contributed by atoms with Crippen molar-refractivity contribution in [2.75, 3.05) is 12.0 Å². The van der Waals surface area contributed by atoms with Gasteiger partial charge in [-0.25, -0.2) is 0 Å². The quantitative estimate of drug-likeness (QED) is 0.398. The molecule has 0 radical (unpaired) electrons. The van der Waals surface area contributed by atoms with E-state index in [2.05, 4.69) is 15.9 Å². The summed E-state index contributed by atoms with van der Waals surface area (Å²) in [5, 5.41) is 0. The predicted molar refractivity (Wildman–Crippen MR) is 123 cm³/mol. The molecule has 7 heteroatoms. The van der Waals surface area contributed by atoms with Crippen molar-refractivity contribution in [2.45, 2.75) is 19.0 Å². The second-order valence-corrected chi connectivity index (χ2v) is 8.76. The summed E-state index contributed by atoms with van der Waals surface area (Å²) in [4.78, 5) is 42.5. The highest BCUT2D eigenvalue weighted by Crippen LogP contribution is 2.47. The first-order valence-corrected chi connectivity index (χ1v) is 10.9. The molecule has 1 saturated heterocycles. The highest BCUT2D eigenvalue weighted by atomic mass is 79.9. The van der Waals surface area contributed by atoms with Gasteiger partial charge in [0.25, 0.3) is 17.7 Å². The number of anilines is 1. The number of amides is 3. The molecule has 0 aromatic heterocycles. The lowest BCUT2D eigenvalue weighted by Crippen LogP contribution is -2.67. The third-order valence-electron chi connectivity index (χ3n) is 5.99. The topological polar surface area (TPSA) is 66.9 Å². The van der Waals surface area contributed by atoms with Crippen LogP contribution in [0.15, 0.2) is 71.2 Å². The minimum atomic E-state index is -0.966. The molecule has 32 heavy (non-hydrogen) atoms. The minimum Gasteiger partial charge on any atom is -0.496 e. The molecule has 0 aliphatic carbocycles. The van der Waals surface area contributed by atoms with Gasteiger partial charge in [0.1, 0.15) is 11.8 Å². The molecule has 5 rings (SSSR count). The maximum atomic E-state index is 13.5. The van der Waals surface area contributed by atoms with Crippen molar-refractivity contribution in [2.24, 2.45) is 0 Å². The number of carbonyl (C=O) groups is 3. The Kier molecular flexibility index (Phi) is 4.86. The van der Waals surface area contributed by atoms with Gasteiger partial charge >= 0.3 is 0 Å². The van der Waals surface area contributed by atoms with Crippen LogP contribution in [0.1, 0.15) is 37.9 Å². The van der Waals surface area contributed by atoms with Crippen LogP contribution in [0.4, 0.5) is 5.69 Å². The number of nitrogens with zero attached hydrogens (tertiary/aromatic N) is 2. The third-order valence-corrected chi connectivity index (χ3v) is 6.49. The van der Waals surface area contributed by atoms with E-state index < -0.39 is 23.9 Å². The summed E-state index contributed by atoms with van der Waals surface area (Å²) in [6.45, 7) is 1.97. The molecule has 3 amide bonds. The van der Waals surface area contributed by atoms with Crippen LogP contribution in [-0.2, 0) is 4.79 Å². The summed E-state index contributed by atoms with van der Waals surface area (Å²) in [7, 11) is 1.56. The van der Waals surface area contributed by atoms with E-state index >= 15 is 0 Å². The van der Waals surface area contributed by atoms with Gasteiger partial charge in [-0.2, -0.15) is 0 Å². The predicted octanol–water partition coefficient (Wildman–Crippen LogP) is 4.52. The molecule has 0 spiro atoms. The van der Waals surface area contributed by atoms with Gasteiger partial charge in [0.2, 0.25) is 0 Å². The summed E-state index contributed by atoms with van der Waals surface area (Å²) < 4.78 is 6.38. The standard InChI is InChI=1S/C25H19BrN2O4/c1-14-7-10-16(11-8-14)27-21(19-13-15(26)9-12-20(19)32-2)22(25(27)31)28-23(29)17-5-3-4-6-18(17)24(28)30/h3-13,21-22H,1-2H3/t21-,22-/m0/s1. The average Bonchev–Trinajstić information content (AvgIpc) is 3.04. The van der Waals surface area contributed by atoms with Crippen molar-refractivity contribution < 1.29 is 19.1 Å². The molecule has 160 valence electrons. The van der Waals surface area contributed by atoms with Crippen molar-refractivity contribution in [3.05, 3.63) is 93.5 Å². The van der Waals surface area contributed by atoms with E-state index in [-0.39, 0.29) is 5.91 Å². The Balaban J connectivity index is 1.64. The first-order valence-electron chi connectivity index (χ1n) is 10.1. The Morgan fingerprint density at radius 3 is 2.03 bits per heavy atom. The summed E-state index contributed by atoms with van der Waals surface area (Å²) in [6.07, 6.45) is 0. The fourth-order valence-electron chi connectivity index (χ4n) is 4.42. The van der Waals surface area contributed by atoms with Gasteiger partial charge in [0, 0.05) is 15.7 Å². The maximum absolute atomic E-state index is 13.5. The first kappa shape index (κ1) is 20.5. The van der Waals surface area contributed by atoms with Gasteiger partial charge in [0.15, 0.2) is 0 Å². The van der Waals surface area contributed by atoms with Gasteiger partial charge in [-0.1, -0.05) is 45.8 Å². The molecule has 2 aliphatic rings. The van der Waals surface area contributed by atoms with Crippen LogP contribution in [0.5, 0.6) is 5.75 Å². The number of imide groups is 1. The zero-order chi connectivity index (χ0) is 22.6. The highest BCUT2D eigenvalue weighted by molar-refractivity contribution is 9.10. The van der Waals surface area contributed by atoms with Gasteiger partial charge in [-0.05, 0) is 49.4 Å². The molecule has 0 unspecified atom stereocenters. The molecule has 0 bridgehead atoms. The Morgan fingerprint density at radius 1 is 0.812 bits per heavy atom. The fraction of sp³-hybridized carbons (Fsp3) is 0.160.